The van der Waals surface area contributed by atoms with Crippen LogP contribution in [0, 0.1) is 19.8 Å². The molecule has 0 saturated carbocycles. The highest BCUT2D eigenvalue weighted by molar-refractivity contribution is 5.89. The van der Waals surface area contributed by atoms with Gasteiger partial charge in [0.2, 0.25) is 0 Å². The number of hydrogen-bond acceptors (Lipinski definition) is 1. The summed E-state index contributed by atoms with van der Waals surface area (Å²) >= 11 is 0. The monoisotopic (exact) mass is 223 g/mol. The molecule has 0 aliphatic carbocycles. The lowest BCUT2D eigenvalue weighted by molar-refractivity contribution is 0.0696. The molecule has 1 N–H and O–H groups in total. The molecule has 0 aromatic carbocycles. The highest BCUT2D eigenvalue weighted by Crippen LogP contribution is 2.24. The zero-order valence-corrected chi connectivity index (χ0v) is 10.7. The van der Waals surface area contributed by atoms with Crippen molar-refractivity contribution in [3.8, 4) is 0 Å². The lowest BCUT2D eigenvalue weighted by atomic mass is 10.0. The number of carbonyl (C=O) groups is 1. The van der Waals surface area contributed by atoms with Crippen LogP contribution in [0.2, 0.25) is 0 Å². The molecule has 0 spiro atoms. The molecule has 0 aliphatic heterocycles. The largest absolute Gasteiger partial charge is 0.478 e. The van der Waals surface area contributed by atoms with Gasteiger partial charge in [0.15, 0.2) is 0 Å². The van der Waals surface area contributed by atoms with Crippen molar-refractivity contribution in [1.29, 1.82) is 0 Å². The summed E-state index contributed by atoms with van der Waals surface area (Å²) in [6.07, 6.45) is 1.06. The zero-order chi connectivity index (χ0) is 12.5. The summed E-state index contributed by atoms with van der Waals surface area (Å²) in [6.45, 7) is 10.4. The highest BCUT2D eigenvalue weighted by atomic mass is 16.4. The molecular formula is C13H21NO2. The molecule has 90 valence electrons. The zero-order valence-electron chi connectivity index (χ0n) is 10.7. The van der Waals surface area contributed by atoms with Gasteiger partial charge in [-0.05, 0) is 39.2 Å². The molecule has 1 rings (SSSR count). The Morgan fingerprint density at radius 3 is 2.31 bits per heavy atom. The first-order valence-corrected chi connectivity index (χ1v) is 5.76. The van der Waals surface area contributed by atoms with E-state index in [1.54, 1.807) is 6.07 Å². The Kier molecular flexibility index (Phi) is 3.79. The third kappa shape index (κ3) is 2.46. The first kappa shape index (κ1) is 12.8. The van der Waals surface area contributed by atoms with Gasteiger partial charge in [0, 0.05) is 17.4 Å². The van der Waals surface area contributed by atoms with E-state index >= 15 is 0 Å². The van der Waals surface area contributed by atoms with Crippen LogP contribution >= 0.6 is 0 Å². The predicted octanol–water partition coefficient (Wildman–Crippen LogP) is 3.41. The van der Waals surface area contributed by atoms with Crippen LogP contribution < -0.4 is 0 Å². The summed E-state index contributed by atoms with van der Waals surface area (Å²) in [5, 5.41) is 9.05. The number of rotatable bonds is 4. The third-order valence-electron chi connectivity index (χ3n) is 2.97. The van der Waals surface area contributed by atoms with E-state index in [4.69, 9.17) is 5.11 Å². The van der Waals surface area contributed by atoms with E-state index in [2.05, 4.69) is 25.3 Å². The van der Waals surface area contributed by atoms with Crippen molar-refractivity contribution in [1.82, 2.24) is 4.57 Å². The smallest absolute Gasteiger partial charge is 0.337 e. The Labute approximate surface area is 97.1 Å². The van der Waals surface area contributed by atoms with Crippen LogP contribution in [-0.2, 0) is 0 Å². The maximum Gasteiger partial charge on any atom is 0.337 e. The van der Waals surface area contributed by atoms with Crippen molar-refractivity contribution in [2.75, 3.05) is 0 Å². The van der Waals surface area contributed by atoms with Gasteiger partial charge in [-0.15, -0.1) is 0 Å². The minimum Gasteiger partial charge on any atom is -0.478 e. The Morgan fingerprint density at radius 1 is 1.38 bits per heavy atom. The van der Waals surface area contributed by atoms with Gasteiger partial charge in [0.25, 0.3) is 0 Å². The van der Waals surface area contributed by atoms with Crippen molar-refractivity contribution in [2.45, 2.75) is 47.1 Å². The SMILES string of the molecule is Cc1cc(C(=O)O)c(C)n1C(C)CC(C)C. The first-order chi connectivity index (χ1) is 7.34. The normalized spacial score (nSPS) is 13.1. The van der Waals surface area contributed by atoms with Crippen molar-refractivity contribution in [3.63, 3.8) is 0 Å². The number of carboxylic acid groups (broad SMARTS) is 1. The van der Waals surface area contributed by atoms with Gasteiger partial charge < -0.3 is 9.67 Å². The highest BCUT2D eigenvalue weighted by Gasteiger charge is 2.18. The van der Waals surface area contributed by atoms with Crippen molar-refractivity contribution in [3.05, 3.63) is 23.0 Å². The second-order valence-electron chi connectivity index (χ2n) is 4.94. The molecule has 0 fully saturated rings. The Balaban J connectivity index is 3.09. The molecule has 1 atom stereocenters. The number of carboxylic acids is 1. The predicted molar refractivity (Wildman–Crippen MR) is 65.0 cm³/mol. The van der Waals surface area contributed by atoms with Crippen LogP contribution in [0.25, 0.3) is 0 Å². The van der Waals surface area contributed by atoms with Crippen LogP contribution in [0.1, 0.15) is 55.0 Å². The van der Waals surface area contributed by atoms with E-state index in [9.17, 15) is 4.79 Å². The summed E-state index contributed by atoms with van der Waals surface area (Å²) in [5.41, 5.74) is 2.31. The quantitative estimate of drug-likeness (QED) is 0.850. The van der Waals surface area contributed by atoms with E-state index in [1.807, 2.05) is 13.8 Å². The van der Waals surface area contributed by atoms with Crippen molar-refractivity contribution >= 4 is 5.97 Å². The van der Waals surface area contributed by atoms with E-state index < -0.39 is 5.97 Å². The van der Waals surface area contributed by atoms with Crippen LogP contribution in [0.3, 0.4) is 0 Å². The van der Waals surface area contributed by atoms with Gasteiger partial charge in [-0.2, -0.15) is 0 Å². The summed E-state index contributed by atoms with van der Waals surface area (Å²) in [6, 6.07) is 2.11. The minimum atomic E-state index is -0.837. The van der Waals surface area contributed by atoms with Gasteiger partial charge >= 0.3 is 5.97 Å². The summed E-state index contributed by atoms with van der Waals surface area (Å²) in [5.74, 6) is -0.222. The fourth-order valence-corrected chi connectivity index (χ4v) is 2.46. The Hall–Kier alpha value is -1.25. The first-order valence-electron chi connectivity index (χ1n) is 5.76. The lowest BCUT2D eigenvalue weighted by Crippen LogP contribution is -2.12. The van der Waals surface area contributed by atoms with Gasteiger partial charge in [0.1, 0.15) is 0 Å². The molecule has 3 heteroatoms. The lowest BCUT2D eigenvalue weighted by Gasteiger charge is -2.20. The minimum absolute atomic E-state index is 0.355. The van der Waals surface area contributed by atoms with Crippen molar-refractivity contribution in [2.24, 2.45) is 5.92 Å². The van der Waals surface area contributed by atoms with Gasteiger partial charge in [-0.25, -0.2) is 4.79 Å². The average molecular weight is 223 g/mol. The van der Waals surface area contributed by atoms with E-state index in [0.717, 1.165) is 17.8 Å². The van der Waals surface area contributed by atoms with Crippen LogP contribution in [0.15, 0.2) is 6.07 Å². The molecule has 1 aromatic rings. The van der Waals surface area contributed by atoms with E-state index in [-0.39, 0.29) is 0 Å². The number of aromatic carboxylic acids is 1. The van der Waals surface area contributed by atoms with Crippen LogP contribution in [0.4, 0.5) is 0 Å². The van der Waals surface area contributed by atoms with Crippen LogP contribution in [-0.4, -0.2) is 15.6 Å². The molecular weight excluding hydrogens is 202 g/mol. The molecule has 0 amide bonds. The van der Waals surface area contributed by atoms with Gasteiger partial charge in [-0.3, -0.25) is 0 Å². The van der Waals surface area contributed by atoms with E-state index in [1.165, 1.54) is 0 Å². The van der Waals surface area contributed by atoms with Gasteiger partial charge in [-0.1, -0.05) is 13.8 Å². The standard InChI is InChI=1S/C13H21NO2/c1-8(2)6-9(3)14-10(4)7-12(11(14)5)13(15)16/h7-9H,6H2,1-5H3,(H,15,16). The summed E-state index contributed by atoms with van der Waals surface area (Å²) in [4.78, 5) is 11.0. The molecule has 1 unspecified atom stereocenters. The Morgan fingerprint density at radius 2 is 1.94 bits per heavy atom. The maximum absolute atomic E-state index is 11.0. The second kappa shape index (κ2) is 4.73. The number of nitrogens with zero attached hydrogens (tertiary/aromatic N) is 1. The maximum atomic E-state index is 11.0. The molecule has 0 aliphatic rings. The molecule has 1 heterocycles. The van der Waals surface area contributed by atoms with E-state index in [0.29, 0.717) is 17.5 Å². The van der Waals surface area contributed by atoms with Crippen molar-refractivity contribution < 1.29 is 9.90 Å². The fraction of sp³-hybridized carbons (Fsp3) is 0.615. The average Bonchev–Trinajstić information content (AvgIpc) is 2.40. The summed E-state index contributed by atoms with van der Waals surface area (Å²) < 4.78 is 2.13. The summed E-state index contributed by atoms with van der Waals surface area (Å²) in [7, 11) is 0. The third-order valence-corrected chi connectivity index (χ3v) is 2.97. The number of hydrogen-bond donors (Lipinski definition) is 1. The molecule has 16 heavy (non-hydrogen) atoms. The van der Waals surface area contributed by atoms with Gasteiger partial charge in [0.05, 0.1) is 5.56 Å². The molecule has 0 saturated heterocycles. The number of aromatic nitrogens is 1. The molecule has 0 bridgehead atoms. The Bertz CT molecular complexity index is 391. The number of aryl methyl sites for hydroxylation is 1. The topological polar surface area (TPSA) is 42.2 Å². The molecule has 0 radical (unpaired) electrons. The van der Waals surface area contributed by atoms with Crippen LogP contribution in [0.5, 0.6) is 0 Å². The molecule has 1 aromatic heterocycles. The second-order valence-corrected chi connectivity index (χ2v) is 4.94. The fourth-order valence-electron chi connectivity index (χ4n) is 2.46. The molecule has 3 nitrogen and oxygen atoms in total.